The number of likely N-dealkylation sites (tertiary alicyclic amines) is 1. The van der Waals surface area contributed by atoms with Crippen LogP contribution in [0.2, 0.25) is 0 Å². The van der Waals surface area contributed by atoms with Crippen LogP contribution in [0.3, 0.4) is 0 Å². The molecule has 0 aromatic carbocycles. The number of nitrogens with zero attached hydrogens (tertiary/aromatic N) is 2. The van der Waals surface area contributed by atoms with E-state index in [4.69, 9.17) is 4.74 Å². The Morgan fingerprint density at radius 1 is 1.39 bits per heavy atom. The van der Waals surface area contributed by atoms with E-state index in [9.17, 15) is 9.59 Å². The van der Waals surface area contributed by atoms with Crippen molar-refractivity contribution in [1.29, 1.82) is 0 Å². The molecule has 98 valence electrons. The normalized spacial score (nSPS) is 19.7. The van der Waals surface area contributed by atoms with Gasteiger partial charge in [-0.1, -0.05) is 0 Å². The molecule has 0 aliphatic carbocycles. The molecule has 0 unspecified atom stereocenters. The number of methoxy groups -OCH3 is 1. The number of carbonyl (C=O) groups is 2. The van der Waals surface area contributed by atoms with E-state index < -0.39 is 6.04 Å². The molecule has 0 radical (unpaired) electrons. The summed E-state index contributed by atoms with van der Waals surface area (Å²) in [4.78, 5) is 25.8. The number of aryl methyl sites for hydroxylation is 1. The predicted molar refractivity (Wildman–Crippen MR) is 66.1 cm³/mol. The Morgan fingerprint density at radius 2 is 2.17 bits per heavy atom. The van der Waals surface area contributed by atoms with Crippen LogP contribution in [0.1, 0.15) is 29.8 Å². The van der Waals surface area contributed by atoms with Gasteiger partial charge < -0.3 is 14.2 Å². The number of amides is 1. The van der Waals surface area contributed by atoms with E-state index in [0.717, 1.165) is 12.8 Å². The maximum absolute atomic E-state index is 12.4. The Hall–Kier alpha value is -1.78. The lowest BCUT2D eigenvalue weighted by molar-refractivity contribution is -0.147. The lowest BCUT2D eigenvalue weighted by Crippen LogP contribution is -2.48. The molecule has 0 N–H and O–H groups in total. The molecule has 0 spiro atoms. The highest BCUT2D eigenvalue weighted by molar-refractivity contribution is 5.95. The quantitative estimate of drug-likeness (QED) is 0.741. The van der Waals surface area contributed by atoms with E-state index in [0.29, 0.717) is 18.7 Å². The van der Waals surface area contributed by atoms with Crippen molar-refractivity contribution in [3.05, 3.63) is 24.0 Å². The number of aromatic nitrogens is 1. The van der Waals surface area contributed by atoms with E-state index in [-0.39, 0.29) is 11.9 Å². The number of hydrogen-bond donors (Lipinski definition) is 0. The SMILES string of the molecule is COC(=O)[C@@H]1CCCCN1C(=O)c1cccn1C. The van der Waals surface area contributed by atoms with Gasteiger partial charge in [-0.25, -0.2) is 4.79 Å². The number of rotatable bonds is 2. The number of piperidine rings is 1. The summed E-state index contributed by atoms with van der Waals surface area (Å²) < 4.78 is 6.55. The molecule has 1 aromatic rings. The Kier molecular flexibility index (Phi) is 3.69. The van der Waals surface area contributed by atoms with Gasteiger partial charge in [0.05, 0.1) is 7.11 Å². The van der Waals surface area contributed by atoms with Gasteiger partial charge in [-0.3, -0.25) is 4.79 Å². The van der Waals surface area contributed by atoms with Crippen LogP contribution in [-0.2, 0) is 16.6 Å². The Morgan fingerprint density at radius 3 is 2.78 bits per heavy atom. The van der Waals surface area contributed by atoms with Crippen molar-refractivity contribution >= 4 is 11.9 Å². The summed E-state index contributed by atoms with van der Waals surface area (Å²) in [6.45, 7) is 0.615. The fourth-order valence-electron chi connectivity index (χ4n) is 2.39. The molecule has 1 aromatic heterocycles. The van der Waals surface area contributed by atoms with Crippen LogP contribution in [-0.4, -0.2) is 41.0 Å². The van der Waals surface area contributed by atoms with E-state index in [2.05, 4.69) is 0 Å². The van der Waals surface area contributed by atoms with Crippen LogP contribution in [0.25, 0.3) is 0 Å². The van der Waals surface area contributed by atoms with Crippen LogP contribution < -0.4 is 0 Å². The molecule has 0 saturated carbocycles. The third-order valence-corrected chi connectivity index (χ3v) is 3.40. The van der Waals surface area contributed by atoms with Gasteiger partial charge in [-0.05, 0) is 31.4 Å². The number of hydrogen-bond acceptors (Lipinski definition) is 3. The van der Waals surface area contributed by atoms with E-state index >= 15 is 0 Å². The van der Waals surface area contributed by atoms with Crippen molar-refractivity contribution in [1.82, 2.24) is 9.47 Å². The first kappa shape index (κ1) is 12.7. The van der Waals surface area contributed by atoms with Crippen LogP contribution in [0, 0.1) is 0 Å². The van der Waals surface area contributed by atoms with Crippen molar-refractivity contribution in [3.8, 4) is 0 Å². The molecule has 5 heteroatoms. The molecule has 1 amide bonds. The summed E-state index contributed by atoms with van der Waals surface area (Å²) >= 11 is 0. The van der Waals surface area contributed by atoms with Gasteiger partial charge in [0.15, 0.2) is 0 Å². The second-order valence-corrected chi connectivity index (χ2v) is 4.54. The molecule has 2 rings (SSSR count). The first-order chi connectivity index (χ1) is 8.65. The van der Waals surface area contributed by atoms with Gasteiger partial charge in [0.25, 0.3) is 5.91 Å². The minimum atomic E-state index is -0.439. The molecule has 5 nitrogen and oxygen atoms in total. The average molecular weight is 250 g/mol. The highest BCUT2D eigenvalue weighted by atomic mass is 16.5. The summed E-state index contributed by atoms with van der Waals surface area (Å²) in [5.74, 6) is -0.421. The molecule has 2 heterocycles. The predicted octanol–water partition coefficient (Wildman–Crippen LogP) is 1.19. The van der Waals surface area contributed by atoms with Crippen LogP contribution in [0.5, 0.6) is 0 Å². The van der Waals surface area contributed by atoms with Crippen LogP contribution in [0.4, 0.5) is 0 Å². The molecular formula is C13H18N2O3. The Balaban J connectivity index is 2.21. The standard InChI is InChI=1S/C13H18N2O3/c1-14-8-5-7-10(14)12(16)15-9-4-3-6-11(15)13(17)18-2/h5,7-8,11H,3-4,6,9H2,1-2H3/t11-/m0/s1. The summed E-state index contributed by atoms with van der Waals surface area (Å²) in [6, 6.07) is 3.15. The zero-order valence-corrected chi connectivity index (χ0v) is 10.8. The Bertz CT molecular complexity index is 453. The summed E-state index contributed by atoms with van der Waals surface area (Å²) in [5, 5.41) is 0. The second-order valence-electron chi connectivity index (χ2n) is 4.54. The zero-order chi connectivity index (χ0) is 13.1. The van der Waals surface area contributed by atoms with Crippen LogP contribution >= 0.6 is 0 Å². The topological polar surface area (TPSA) is 51.5 Å². The maximum Gasteiger partial charge on any atom is 0.328 e. The number of esters is 1. The maximum atomic E-state index is 12.4. The lowest BCUT2D eigenvalue weighted by atomic mass is 10.0. The molecule has 1 aliphatic heterocycles. The van der Waals surface area contributed by atoms with Crippen molar-refractivity contribution in [3.63, 3.8) is 0 Å². The lowest BCUT2D eigenvalue weighted by Gasteiger charge is -2.33. The number of carbonyl (C=O) groups excluding carboxylic acids is 2. The fourth-order valence-corrected chi connectivity index (χ4v) is 2.39. The molecule has 1 aliphatic rings. The van der Waals surface area contributed by atoms with Crippen molar-refractivity contribution in [2.24, 2.45) is 7.05 Å². The second kappa shape index (κ2) is 5.25. The number of ether oxygens (including phenoxy) is 1. The Labute approximate surface area is 106 Å². The molecule has 1 saturated heterocycles. The third-order valence-electron chi connectivity index (χ3n) is 3.40. The first-order valence-electron chi connectivity index (χ1n) is 6.15. The summed E-state index contributed by atoms with van der Waals surface area (Å²) in [6.07, 6.45) is 4.40. The van der Waals surface area contributed by atoms with Crippen molar-refractivity contribution in [2.45, 2.75) is 25.3 Å². The monoisotopic (exact) mass is 250 g/mol. The average Bonchev–Trinajstić information content (AvgIpc) is 2.83. The van der Waals surface area contributed by atoms with Gasteiger partial charge in [-0.15, -0.1) is 0 Å². The highest BCUT2D eigenvalue weighted by Crippen LogP contribution is 2.20. The minimum absolute atomic E-state index is 0.0994. The van der Waals surface area contributed by atoms with E-state index in [1.165, 1.54) is 7.11 Å². The first-order valence-corrected chi connectivity index (χ1v) is 6.15. The van der Waals surface area contributed by atoms with Gasteiger partial charge in [-0.2, -0.15) is 0 Å². The summed E-state index contributed by atoms with van der Waals surface area (Å²) in [5.41, 5.74) is 0.603. The molecule has 1 atom stereocenters. The van der Waals surface area contributed by atoms with Gasteiger partial charge in [0.1, 0.15) is 11.7 Å². The van der Waals surface area contributed by atoms with E-state index in [1.807, 2.05) is 19.3 Å². The molecule has 18 heavy (non-hydrogen) atoms. The zero-order valence-electron chi connectivity index (χ0n) is 10.8. The van der Waals surface area contributed by atoms with Gasteiger partial charge >= 0.3 is 5.97 Å². The van der Waals surface area contributed by atoms with Gasteiger partial charge in [0, 0.05) is 19.8 Å². The van der Waals surface area contributed by atoms with Crippen molar-refractivity contribution < 1.29 is 14.3 Å². The smallest absolute Gasteiger partial charge is 0.328 e. The van der Waals surface area contributed by atoms with Gasteiger partial charge in [0.2, 0.25) is 0 Å². The minimum Gasteiger partial charge on any atom is -0.467 e. The van der Waals surface area contributed by atoms with Crippen molar-refractivity contribution in [2.75, 3.05) is 13.7 Å². The molecule has 1 fully saturated rings. The third kappa shape index (κ3) is 2.25. The fraction of sp³-hybridized carbons (Fsp3) is 0.538. The molecule has 0 bridgehead atoms. The highest BCUT2D eigenvalue weighted by Gasteiger charge is 2.33. The summed E-state index contributed by atoms with van der Waals surface area (Å²) in [7, 11) is 3.19. The largest absolute Gasteiger partial charge is 0.467 e. The van der Waals surface area contributed by atoms with Crippen LogP contribution in [0.15, 0.2) is 18.3 Å². The molecular weight excluding hydrogens is 232 g/mol. The van der Waals surface area contributed by atoms with E-state index in [1.54, 1.807) is 15.5 Å².